The van der Waals surface area contributed by atoms with Crippen LogP contribution in [0.2, 0.25) is 0 Å². The van der Waals surface area contributed by atoms with Crippen molar-refractivity contribution < 1.29 is 14.7 Å². The lowest BCUT2D eigenvalue weighted by atomic mass is 9.47. The van der Waals surface area contributed by atoms with Gasteiger partial charge in [-0.05, 0) is 81.0 Å². The molecular formula is C21H31NO3. The second-order valence-corrected chi connectivity index (χ2v) is 9.24. The first-order valence-electron chi connectivity index (χ1n) is 10.2. The van der Waals surface area contributed by atoms with Crippen LogP contribution in [0.4, 0.5) is 0 Å². The highest BCUT2D eigenvalue weighted by Crippen LogP contribution is 2.61. The molecule has 0 aliphatic heterocycles. The van der Waals surface area contributed by atoms with Crippen molar-refractivity contribution in [3.05, 3.63) is 12.2 Å². The highest BCUT2D eigenvalue weighted by molar-refractivity contribution is 5.85. The monoisotopic (exact) mass is 345 g/mol. The van der Waals surface area contributed by atoms with E-state index < -0.39 is 17.8 Å². The average molecular weight is 345 g/mol. The van der Waals surface area contributed by atoms with Crippen LogP contribution in [0.15, 0.2) is 12.2 Å². The van der Waals surface area contributed by atoms with E-state index >= 15 is 0 Å². The first-order valence-corrected chi connectivity index (χ1v) is 10.2. The Labute approximate surface area is 150 Å². The normalized spacial score (nSPS) is 43.0. The Morgan fingerprint density at radius 2 is 1.56 bits per heavy atom. The van der Waals surface area contributed by atoms with Crippen LogP contribution in [-0.4, -0.2) is 23.0 Å². The molecule has 4 heteroatoms. The molecule has 0 radical (unpaired) electrons. The highest BCUT2D eigenvalue weighted by atomic mass is 16.4. The summed E-state index contributed by atoms with van der Waals surface area (Å²) in [5.41, 5.74) is 0.280. The third-order valence-electron chi connectivity index (χ3n) is 7.64. The van der Waals surface area contributed by atoms with Crippen molar-refractivity contribution in [2.45, 2.75) is 70.8 Å². The number of nitrogens with one attached hydrogen (secondary N) is 1. The molecule has 4 nitrogen and oxygen atoms in total. The first-order chi connectivity index (χ1) is 12.0. The lowest BCUT2D eigenvalue weighted by molar-refractivity contribution is -0.148. The van der Waals surface area contributed by atoms with Gasteiger partial charge in [0.05, 0.1) is 11.8 Å². The van der Waals surface area contributed by atoms with E-state index in [1.807, 2.05) is 12.2 Å². The summed E-state index contributed by atoms with van der Waals surface area (Å²) in [6, 6.07) is 0.216. The molecular weight excluding hydrogens is 314 g/mol. The molecule has 4 saturated carbocycles. The molecule has 0 aromatic heterocycles. The van der Waals surface area contributed by atoms with Gasteiger partial charge in [0.25, 0.3) is 0 Å². The summed E-state index contributed by atoms with van der Waals surface area (Å²) in [5, 5.41) is 12.8. The molecule has 3 atom stereocenters. The van der Waals surface area contributed by atoms with Crippen LogP contribution in [0.25, 0.3) is 0 Å². The number of hydrogen-bond acceptors (Lipinski definition) is 2. The average Bonchev–Trinajstić information content (AvgIpc) is 2.58. The highest BCUT2D eigenvalue weighted by Gasteiger charge is 2.54. The van der Waals surface area contributed by atoms with Crippen molar-refractivity contribution in [2.75, 3.05) is 0 Å². The summed E-state index contributed by atoms with van der Waals surface area (Å²) in [6.07, 6.45) is 13.9. The van der Waals surface area contributed by atoms with E-state index in [1.165, 1.54) is 38.5 Å². The summed E-state index contributed by atoms with van der Waals surface area (Å²) in [7, 11) is 0. The molecule has 4 fully saturated rings. The van der Waals surface area contributed by atoms with Gasteiger partial charge in [-0.15, -0.1) is 0 Å². The largest absolute Gasteiger partial charge is 0.481 e. The van der Waals surface area contributed by atoms with Crippen molar-refractivity contribution >= 4 is 11.9 Å². The number of aliphatic carboxylic acids is 1. The Balaban J connectivity index is 1.49. The van der Waals surface area contributed by atoms with E-state index in [2.05, 4.69) is 12.2 Å². The molecule has 0 spiro atoms. The molecule has 1 amide bonds. The van der Waals surface area contributed by atoms with Crippen LogP contribution < -0.4 is 5.32 Å². The van der Waals surface area contributed by atoms with Crippen LogP contribution in [0.3, 0.4) is 0 Å². The van der Waals surface area contributed by atoms with Gasteiger partial charge < -0.3 is 10.4 Å². The lowest BCUT2D eigenvalue weighted by Crippen LogP contribution is -2.57. The smallest absolute Gasteiger partial charge is 0.307 e. The van der Waals surface area contributed by atoms with Crippen molar-refractivity contribution in [2.24, 2.45) is 35.0 Å². The van der Waals surface area contributed by atoms with Gasteiger partial charge in [-0.25, -0.2) is 0 Å². The maximum absolute atomic E-state index is 13.0. The van der Waals surface area contributed by atoms with Gasteiger partial charge in [0, 0.05) is 6.04 Å². The summed E-state index contributed by atoms with van der Waals surface area (Å²) < 4.78 is 0. The Bertz CT molecular complexity index is 546. The Hall–Kier alpha value is -1.32. The molecule has 5 aliphatic rings. The zero-order chi connectivity index (χ0) is 17.6. The molecule has 0 saturated heterocycles. The number of hydrogen-bond donors (Lipinski definition) is 2. The summed E-state index contributed by atoms with van der Waals surface area (Å²) in [6.45, 7) is 2.18. The van der Waals surface area contributed by atoms with Crippen LogP contribution >= 0.6 is 0 Å². The minimum absolute atomic E-state index is 0.0284. The molecule has 5 aliphatic carbocycles. The minimum atomic E-state index is -0.840. The predicted octanol–water partition coefficient (Wildman–Crippen LogP) is 3.76. The zero-order valence-corrected chi connectivity index (χ0v) is 15.2. The third kappa shape index (κ3) is 3.02. The molecule has 5 rings (SSSR count). The number of carboxylic acid groups (broad SMARTS) is 1. The second-order valence-electron chi connectivity index (χ2n) is 9.24. The van der Waals surface area contributed by atoms with Crippen LogP contribution in [0, 0.1) is 35.0 Å². The second kappa shape index (κ2) is 6.44. The Morgan fingerprint density at radius 1 is 1.04 bits per heavy atom. The van der Waals surface area contributed by atoms with E-state index in [0.717, 1.165) is 24.2 Å². The molecule has 0 heterocycles. The van der Waals surface area contributed by atoms with Gasteiger partial charge in [0.15, 0.2) is 0 Å². The number of amides is 1. The fraction of sp³-hybridized carbons (Fsp3) is 0.810. The van der Waals surface area contributed by atoms with Gasteiger partial charge in [0.2, 0.25) is 5.91 Å². The molecule has 0 aromatic rings. The predicted molar refractivity (Wildman–Crippen MR) is 95.8 cm³/mol. The van der Waals surface area contributed by atoms with Crippen molar-refractivity contribution in [3.8, 4) is 0 Å². The zero-order valence-electron chi connectivity index (χ0n) is 15.2. The van der Waals surface area contributed by atoms with E-state index in [-0.39, 0.29) is 17.4 Å². The van der Waals surface area contributed by atoms with Gasteiger partial charge in [0.1, 0.15) is 0 Å². The van der Waals surface area contributed by atoms with Gasteiger partial charge in [-0.1, -0.05) is 19.1 Å². The van der Waals surface area contributed by atoms with Crippen LogP contribution in [0.5, 0.6) is 0 Å². The minimum Gasteiger partial charge on any atom is -0.481 e. The first kappa shape index (κ1) is 17.1. The van der Waals surface area contributed by atoms with Crippen molar-refractivity contribution in [1.29, 1.82) is 0 Å². The van der Waals surface area contributed by atoms with Gasteiger partial charge in [-0.2, -0.15) is 0 Å². The number of carbonyl (C=O) groups is 2. The van der Waals surface area contributed by atoms with Crippen molar-refractivity contribution in [1.82, 2.24) is 5.32 Å². The van der Waals surface area contributed by atoms with Crippen molar-refractivity contribution in [3.63, 3.8) is 0 Å². The third-order valence-corrected chi connectivity index (χ3v) is 7.64. The molecule has 138 valence electrons. The number of allylic oxidation sites excluding steroid dienone is 2. The summed E-state index contributed by atoms with van der Waals surface area (Å²) in [5.74, 6) is 0.737. The van der Waals surface area contributed by atoms with Gasteiger partial charge in [-0.3, -0.25) is 9.59 Å². The van der Waals surface area contributed by atoms with E-state index in [9.17, 15) is 14.7 Å². The molecule has 3 unspecified atom stereocenters. The molecule has 4 bridgehead atoms. The Kier molecular flexibility index (Phi) is 4.41. The van der Waals surface area contributed by atoms with Crippen LogP contribution in [-0.2, 0) is 9.59 Å². The topological polar surface area (TPSA) is 66.4 Å². The van der Waals surface area contributed by atoms with E-state index in [4.69, 9.17) is 0 Å². The maximum Gasteiger partial charge on any atom is 0.307 e. The standard InChI is InChI=1S/C21H31NO3/c1-2-18(21-10-13-7-14(11-21)9-15(8-13)12-21)22-19(23)16-5-3-4-6-17(16)20(24)25/h3-4,13-18H,2,5-12H2,1H3,(H,22,23)(H,24,25). The summed E-state index contributed by atoms with van der Waals surface area (Å²) >= 11 is 0. The van der Waals surface area contributed by atoms with Gasteiger partial charge >= 0.3 is 5.97 Å². The lowest BCUT2D eigenvalue weighted by Gasteiger charge is -2.59. The van der Waals surface area contributed by atoms with E-state index in [1.54, 1.807) is 0 Å². The maximum atomic E-state index is 13.0. The SMILES string of the molecule is CCC(NC(=O)C1CC=CCC1C(=O)O)C12CC3CC(CC(C3)C1)C2. The number of carboxylic acids is 1. The fourth-order valence-electron chi connectivity index (χ4n) is 6.95. The van der Waals surface area contributed by atoms with E-state index in [0.29, 0.717) is 12.8 Å². The quantitative estimate of drug-likeness (QED) is 0.746. The Morgan fingerprint density at radius 3 is 2.04 bits per heavy atom. The summed E-state index contributed by atoms with van der Waals surface area (Å²) in [4.78, 5) is 24.5. The van der Waals surface area contributed by atoms with Crippen LogP contribution in [0.1, 0.15) is 64.7 Å². The number of rotatable bonds is 5. The fourth-order valence-corrected chi connectivity index (χ4v) is 6.95. The molecule has 2 N–H and O–H groups in total. The molecule has 0 aromatic carbocycles. The molecule has 25 heavy (non-hydrogen) atoms. The number of carbonyl (C=O) groups excluding carboxylic acids is 1.